The Morgan fingerprint density at radius 3 is 2.81 bits per heavy atom. The van der Waals surface area contributed by atoms with Gasteiger partial charge >= 0.3 is 6.18 Å². The fourth-order valence-corrected chi connectivity index (χ4v) is 4.27. The van der Waals surface area contributed by atoms with E-state index in [1.807, 2.05) is 11.5 Å². The molecular formula is C23H26F3N5O. The van der Waals surface area contributed by atoms with Crippen LogP contribution in [-0.4, -0.2) is 33.5 Å². The molecule has 0 saturated carbocycles. The molecule has 1 atom stereocenters. The number of fused-ring (bicyclic) bond motifs is 1. The van der Waals surface area contributed by atoms with Gasteiger partial charge in [0.1, 0.15) is 0 Å². The molecule has 3 aromatic rings. The molecule has 170 valence electrons. The second kappa shape index (κ2) is 8.90. The lowest BCUT2D eigenvalue weighted by Crippen LogP contribution is -2.26. The Bertz CT molecular complexity index is 1130. The molecule has 1 aliphatic heterocycles. The van der Waals surface area contributed by atoms with Gasteiger partial charge in [-0.05, 0) is 62.6 Å². The van der Waals surface area contributed by atoms with Crippen LogP contribution >= 0.6 is 0 Å². The van der Waals surface area contributed by atoms with Crippen LogP contribution in [0, 0.1) is 6.92 Å². The zero-order valence-corrected chi connectivity index (χ0v) is 18.1. The largest absolute Gasteiger partial charge is 0.416 e. The zero-order valence-electron chi connectivity index (χ0n) is 18.1. The highest BCUT2D eigenvalue weighted by Gasteiger charge is 2.33. The van der Waals surface area contributed by atoms with E-state index >= 15 is 0 Å². The first kappa shape index (κ1) is 22.3. The molecule has 4 rings (SSSR count). The van der Waals surface area contributed by atoms with Crippen LogP contribution in [0.3, 0.4) is 0 Å². The fourth-order valence-electron chi connectivity index (χ4n) is 4.27. The summed E-state index contributed by atoms with van der Waals surface area (Å²) >= 11 is 0. The minimum Gasteiger partial charge on any atom is -0.315 e. The number of benzene rings is 1. The highest BCUT2D eigenvalue weighted by Crippen LogP contribution is 2.36. The van der Waals surface area contributed by atoms with Crippen molar-refractivity contribution in [3.63, 3.8) is 0 Å². The second-order valence-corrected chi connectivity index (χ2v) is 8.15. The third-order valence-corrected chi connectivity index (χ3v) is 5.84. The number of amides is 1. The molecule has 3 heterocycles. The van der Waals surface area contributed by atoms with Gasteiger partial charge in [-0.25, -0.2) is 4.98 Å². The maximum absolute atomic E-state index is 13.5. The van der Waals surface area contributed by atoms with E-state index in [1.54, 1.807) is 25.3 Å². The average molecular weight is 445 g/mol. The average Bonchev–Trinajstić information content (AvgIpc) is 2.91. The van der Waals surface area contributed by atoms with Gasteiger partial charge in [-0.2, -0.15) is 13.2 Å². The monoisotopic (exact) mass is 445 g/mol. The maximum atomic E-state index is 13.5. The quantitative estimate of drug-likeness (QED) is 0.600. The topological polar surface area (TPSA) is 71.8 Å². The van der Waals surface area contributed by atoms with Crippen LogP contribution < -0.4 is 10.6 Å². The number of anilines is 1. The van der Waals surface area contributed by atoms with Gasteiger partial charge < -0.3 is 9.88 Å². The van der Waals surface area contributed by atoms with Crippen LogP contribution in [0.1, 0.15) is 59.4 Å². The lowest BCUT2D eigenvalue weighted by atomic mass is 10.0. The minimum absolute atomic E-state index is 0.0287. The standard InChI is InChI=1S/C23H26F3N5O/c1-3-15-11-17(23(24,25)26)12-19-20(15)31(18-6-4-5-8-27-13-18)22(29-19)30-21(32)16-7-9-28-14(2)10-16/h7,9-12,18,27H,3-6,8,13H2,1-2H3,(H,29,30,32). The van der Waals surface area contributed by atoms with Gasteiger partial charge in [0, 0.05) is 30.0 Å². The van der Waals surface area contributed by atoms with Crippen molar-refractivity contribution in [2.45, 2.75) is 51.7 Å². The van der Waals surface area contributed by atoms with Crippen molar-refractivity contribution >= 4 is 22.9 Å². The Morgan fingerprint density at radius 2 is 2.09 bits per heavy atom. The van der Waals surface area contributed by atoms with Crippen LogP contribution in [-0.2, 0) is 12.6 Å². The highest BCUT2D eigenvalue weighted by atomic mass is 19.4. The van der Waals surface area contributed by atoms with Gasteiger partial charge in [0.2, 0.25) is 5.95 Å². The molecule has 9 heteroatoms. The van der Waals surface area contributed by atoms with Crippen LogP contribution in [0.4, 0.5) is 19.1 Å². The lowest BCUT2D eigenvalue weighted by Gasteiger charge is -2.21. The number of halogens is 3. The molecule has 1 fully saturated rings. The molecule has 32 heavy (non-hydrogen) atoms. The van der Waals surface area contributed by atoms with Crippen molar-refractivity contribution in [2.75, 3.05) is 18.4 Å². The molecule has 1 amide bonds. The number of carbonyl (C=O) groups excluding carboxylic acids is 1. The first-order valence-corrected chi connectivity index (χ1v) is 10.8. The summed E-state index contributed by atoms with van der Waals surface area (Å²) in [6.07, 6.45) is 0.358. The first-order valence-electron chi connectivity index (χ1n) is 10.8. The van der Waals surface area contributed by atoms with Crippen LogP contribution in [0.5, 0.6) is 0 Å². The predicted molar refractivity (Wildman–Crippen MR) is 117 cm³/mol. The smallest absolute Gasteiger partial charge is 0.315 e. The van der Waals surface area contributed by atoms with E-state index < -0.39 is 11.7 Å². The number of nitrogens with zero attached hydrogens (tertiary/aromatic N) is 3. The summed E-state index contributed by atoms with van der Waals surface area (Å²) in [6, 6.07) is 5.50. The number of imidazole rings is 1. The number of alkyl halides is 3. The van der Waals surface area contributed by atoms with Crippen molar-refractivity contribution in [2.24, 2.45) is 0 Å². The Morgan fingerprint density at radius 1 is 1.28 bits per heavy atom. The number of carbonyl (C=O) groups is 1. The predicted octanol–water partition coefficient (Wildman–Crippen LogP) is 4.89. The number of aryl methyl sites for hydroxylation is 2. The van der Waals surface area contributed by atoms with Crippen LogP contribution in [0.25, 0.3) is 11.0 Å². The van der Waals surface area contributed by atoms with Crippen molar-refractivity contribution in [1.29, 1.82) is 0 Å². The summed E-state index contributed by atoms with van der Waals surface area (Å²) in [5.74, 6) is -0.107. The van der Waals surface area contributed by atoms with E-state index in [9.17, 15) is 18.0 Å². The van der Waals surface area contributed by atoms with Crippen LogP contribution in [0.2, 0.25) is 0 Å². The highest BCUT2D eigenvalue weighted by molar-refractivity contribution is 6.04. The van der Waals surface area contributed by atoms with Gasteiger partial charge in [0.15, 0.2) is 0 Å². The van der Waals surface area contributed by atoms with Crippen molar-refractivity contribution in [1.82, 2.24) is 19.9 Å². The Labute approximate surface area is 184 Å². The number of nitrogens with one attached hydrogen (secondary N) is 2. The normalized spacial score (nSPS) is 17.3. The molecule has 0 bridgehead atoms. The number of hydrogen-bond acceptors (Lipinski definition) is 4. The fraction of sp³-hybridized carbons (Fsp3) is 0.435. The molecule has 0 radical (unpaired) electrons. The minimum atomic E-state index is -4.47. The summed E-state index contributed by atoms with van der Waals surface area (Å²) < 4.78 is 42.4. The van der Waals surface area contributed by atoms with E-state index in [0.717, 1.165) is 31.9 Å². The molecule has 1 aromatic carbocycles. The van der Waals surface area contributed by atoms with E-state index in [2.05, 4.69) is 20.6 Å². The van der Waals surface area contributed by atoms with E-state index in [-0.39, 0.29) is 23.4 Å². The molecular weight excluding hydrogens is 419 g/mol. The Hall–Kier alpha value is -2.94. The molecule has 2 aromatic heterocycles. The van der Waals surface area contributed by atoms with Gasteiger partial charge in [0.25, 0.3) is 5.91 Å². The SMILES string of the molecule is CCc1cc(C(F)(F)F)cc2nc(NC(=O)c3ccnc(C)c3)n(C3CCCCNC3)c12. The molecule has 1 aliphatic rings. The summed E-state index contributed by atoms with van der Waals surface area (Å²) in [5, 5.41) is 6.24. The van der Waals surface area contributed by atoms with Crippen molar-refractivity contribution in [3.8, 4) is 0 Å². The van der Waals surface area contributed by atoms with Crippen molar-refractivity contribution in [3.05, 3.63) is 52.8 Å². The van der Waals surface area contributed by atoms with E-state index in [4.69, 9.17) is 0 Å². The molecule has 0 aliphatic carbocycles. The zero-order chi connectivity index (χ0) is 22.9. The molecule has 6 nitrogen and oxygen atoms in total. The van der Waals surface area contributed by atoms with Gasteiger partial charge in [0.05, 0.1) is 16.6 Å². The first-order chi connectivity index (χ1) is 15.3. The summed E-state index contributed by atoms with van der Waals surface area (Å²) in [6.45, 7) is 5.16. The van der Waals surface area contributed by atoms with Gasteiger partial charge in [-0.3, -0.25) is 15.1 Å². The van der Waals surface area contributed by atoms with E-state index in [1.165, 1.54) is 6.07 Å². The Balaban J connectivity index is 1.86. The van der Waals surface area contributed by atoms with Gasteiger partial charge in [-0.15, -0.1) is 0 Å². The molecule has 1 saturated heterocycles. The summed E-state index contributed by atoms with van der Waals surface area (Å²) in [4.78, 5) is 21.5. The third-order valence-electron chi connectivity index (χ3n) is 5.84. The number of rotatable bonds is 4. The number of aromatic nitrogens is 3. The van der Waals surface area contributed by atoms with Gasteiger partial charge in [-0.1, -0.05) is 13.3 Å². The maximum Gasteiger partial charge on any atom is 0.416 e. The number of pyridine rings is 1. The van der Waals surface area contributed by atoms with Crippen LogP contribution in [0.15, 0.2) is 30.5 Å². The van der Waals surface area contributed by atoms with Crippen molar-refractivity contribution < 1.29 is 18.0 Å². The van der Waals surface area contributed by atoms with E-state index in [0.29, 0.717) is 35.3 Å². The summed E-state index contributed by atoms with van der Waals surface area (Å²) in [7, 11) is 0. The molecule has 2 N–H and O–H groups in total. The molecule has 1 unspecified atom stereocenters. The Kier molecular flexibility index (Phi) is 6.19. The number of hydrogen-bond donors (Lipinski definition) is 2. The lowest BCUT2D eigenvalue weighted by molar-refractivity contribution is -0.137. The second-order valence-electron chi connectivity index (χ2n) is 8.15. The molecule has 0 spiro atoms. The summed E-state index contributed by atoms with van der Waals surface area (Å²) in [5.41, 5.74) is 1.83. The third kappa shape index (κ3) is 4.48.